The predicted octanol–water partition coefficient (Wildman–Crippen LogP) is 6.57. The summed E-state index contributed by atoms with van der Waals surface area (Å²) in [5.74, 6) is 0.877. The van der Waals surface area contributed by atoms with Crippen LogP contribution in [0.1, 0.15) is 11.1 Å². The fourth-order valence-electron chi connectivity index (χ4n) is 3.49. The van der Waals surface area contributed by atoms with Gasteiger partial charge in [0.25, 0.3) is 0 Å². The summed E-state index contributed by atoms with van der Waals surface area (Å²) in [5, 5.41) is 0. The first kappa shape index (κ1) is 18.8. The molecule has 2 nitrogen and oxygen atoms in total. The van der Waals surface area contributed by atoms with Crippen LogP contribution in [-0.4, -0.2) is 7.11 Å². The van der Waals surface area contributed by atoms with Crippen molar-refractivity contribution in [3.8, 4) is 16.9 Å². The zero-order valence-electron chi connectivity index (χ0n) is 16.7. The van der Waals surface area contributed by atoms with Gasteiger partial charge in [-0.15, -0.1) is 0 Å². The van der Waals surface area contributed by atoms with Crippen molar-refractivity contribution in [2.24, 2.45) is 0 Å². The van der Waals surface area contributed by atoms with Gasteiger partial charge < -0.3 is 9.64 Å². The summed E-state index contributed by atoms with van der Waals surface area (Å²) in [7, 11) is 1.69. The summed E-state index contributed by atoms with van der Waals surface area (Å²) in [4.78, 5) is 2.42. The van der Waals surface area contributed by atoms with E-state index in [4.69, 9.17) is 4.74 Å². The Kier molecular flexibility index (Phi) is 5.92. The molecule has 0 saturated carbocycles. The van der Waals surface area contributed by atoms with Gasteiger partial charge in [-0.2, -0.15) is 0 Å². The molecule has 4 aromatic rings. The fraction of sp³-hybridized carbons (Fsp3) is 0.111. The molecule has 4 rings (SSSR count). The molecular formula is C27H25NO. The third kappa shape index (κ3) is 4.85. The molecular weight excluding hydrogens is 354 g/mol. The van der Waals surface area contributed by atoms with Crippen molar-refractivity contribution in [2.45, 2.75) is 13.1 Å². The molecule has 0 heterocycles. The van der Waals surface area contributed by atoms with Crippen LogP contribution < -0.4 is 9.64 Å². The number of methoxy groups -OCH3 is 1. The van der Waals surface area contributed by atoms with Crippen LogP contribution in [0.25, 0.3) is 11.1 Å². The highest BCUT2D eigenvalue weighted by molar-refractivity contribution is 5.67. The summed E-state index contributed by atoms with van der Waals surface area (Å²) in [6.07, 6.45) is 0. The van der Waals surface area contributed by atoms with E-state index < -0.39 is 0 Å². The Hall–Kier alpha value is -3.52. The molecule has 0 aliphatic heterocycles. The minimum absolute atomic E-state index is 0.873. The fourth-order valence-corrected chi connectivity index (χ4v) is 3.49. The maximum atomic E-state index is 5.26. The van der Waals surface area contributed by atoms with Crippen LogP contribution >= 0.6 is 0 Å². The maximum Gasteiger partial charge on any atom is 0.118 e. The smallest absolute Gasteiger partial charge is 0.118 e. The van der Waals surface area contributed by atoms with E-state index >= 15 is 0 Å². The molecule has 0 aliphatic rings. The number of benzene rings is 4. The predicted molar refractivity (Wildman–Crippen MR) is 121 cm³/mol. The zero-order chi connectivity index (χ0) is 19.9. The van der Waals surface area contributed by atoms with E-state index in [9.17, 15) is 0 Å². The van der Waals surface area contributed by atoms with Crippen molar-refractivity contribution < 1.29 is 4.74 Å². The zero-order valence-corrected chi connectivity index (χ0v) is 16.7. The Morgan fingerprint density at radius 2 is 1.00 bits per heavy atom. The van der Waals surface area contributed by atoms with E-state index in [1.165, 1.54) is 27.9 Å². The Bertz CT molecular complexity index is 968. The van der Waals surface area contributed by atoms with Gasteiger partial charge in [-0.3, -0.25) is 0 Å². The van der Waals surface area contributed by atoms with Gasteiger partial charge in [-0.25, -0.2) is 0 Å². The highest BCUT2D eigenvalue weighted by atomic mass is 16.5. The monoisotopic (exact) mass is 379 g/mol. The summed E-state index contributed by atoms with van der Waals surface area (Å²) in [6.45, 7) is 1.75. The van der Waals surface area contributed by atoms with Crippen LogP contribution in [-0.2, 0) is 13.1 Å². The minimum atomic E-state index is 0.873. The number of rotatable bonds is 7. The third-order valence-electron chi connectivity index (χ3n) is 5.09. The molecule has 0 atom stereocenters. The van der Waals surface area contributed by atoms with Crippen molar-refractivity contribution in [1.82, 2.24) is 0 Å². The van der Waals surface area contributed by atoms with Gasteiger partial charge in [-0.05, 0) is 46.5 Å². The molecule has 0 radical (unpaired) electrons. The Balaban J connectivity index is 1.59. The number of hydrogen-bond acceptors (Lipinski definition) is 2. The highest BCUT2D eigenvalue weighted by Gasteiger charge is 2.09. The van der Waals surface area contributed by atoms with Crippen LogP contribution in [0.2, 0.25) is 0 Å². The molecule has 0 saturated heterocycles. The van der Waals surface area contributed by atoms with E-state index in [1.54, 1.807) is 7.11 Å². The summed E-state index contributed by atoms with van der Waals surface area (Å²) < 4.78 is 5.26. The molecule has 0 bridgehead atoms. The molecule has 2 heteroatoms. The molecule has 0 fully saturated rings. The second kappa shape index (κ2) is 9.11. The van der Waals surface area contributed by atoms with Crippen molar-refractivity contribution in [3.05, 3.63) is 120 Å². The molecule has 0 amide bonds. The molecule has 0 spiro atoms. The first-order valence-electron chi connectivity index (χ1n) is 9.89. The van der Waals surface area contributed by atoms with Gasteiger partial charge in [-0.1, -0.05) is 84.9 Å². The van der Waals surface area contributed by atoms with Gasteiger partial charge in [0, 0.05) is 18.8 Å². The van der Waals surface area contributed by atoms with Crippen LogP contribution in [0.5, 0.6) is 5.75 Å². The quantitative estimate of drug-likeness (QED) is 0.360. The molecule has 29 heavy (non-hydrogen) atoms. The molecule has 0 N–H and O–H groups in total. The second-order valence-corrected chi connectivity index (χ2v) is 7.10. The number of nitrogens with zero attached hydrogens (tertiary/aromatic N) is 1. The number of anilines is 1. The van der Waals surface area contributed by atoms with Crippen molar-refractivity contribution in [3.63, 3.8) is 0 Å². The van der Waals surface area contributed by atoms with Crippen molar-refractivity contribution in [2.75, 3.05) is 12.0 Å². The molecule has 144 valence electrons. The lowest BCUT2D eigenvalue weighted by atomic mass is 10.0. The molecule has 0 unspecified atom stereocenters. The van der Waals surface area contributed by atoms with Gasteiger partial charge in [0.1, 0.15) is 5.75 Å². The van der Waals surface area contributed by atoms with E-state index in [0.29, 0.717) is 0 Å². The Morgan fingerprint density at radius 1 is 0.552 bits per heavy atom. The lowest BCUT2D eigenvalue weighted by Gasteiger charge is -2.25. The lowest BCUT2D eigenvalue weighted by molar-refractivity contribution is 0.415. The normalized spacial score (nSPS) is 10.5. The lowest BCUT2D eigenvalue weighted by Crippen LogP contribution is -2.22. The van der Waals surface area contributed by atoms with Crippen molar-refractivity contribution >= 4 is 5.69 Å². The van der Waals surface area contributed by atoms with Gasteiger partial charge in [0.15, 0.2) is 0 Å². The Labute approximate surface area is 173 Å². The van der Waals surface area contributed by atoms with Gasteiger partial charge in [0.2, 0.25) is 0 Å². The maximum absolute atomic E-state index is 5.26. The third-order valence-corrected chi connectivity index (χ3v) is 5.09. The SMILES string of the molecule is COc1ccc(-c2ccc(N(Cc3ccccc3)Cc3ccccc3)cc2)cc1. The average molecular weight is 380 g/mol. The molecule has 4 aromatic carbocycles. The van der Waals surface area contributed by atoms with Crippen LogP contribution in [0, 0.1) is 0 Å². The molecule has 0 aromatic heterocycles. The Morgan fingerprint density at radius 3 is 1.45 bits per heavy atom. The standard InChI is InChI=1S/C27H25NO/c1-29-27-18-14-25(15-19-27)24-12-16-26(17-13-24)28(20-22-8-4-2-5-9-22)21-23-10-6-3-7-11-23/h2-19H,20-21H2,1H3. The van der Waals surface area contributed by atoms with Crippen LogP contribution in [0.4, 0.5) is 5.69 Å². The minimum Gasteiger partial charge on any atom is -0.497 e. The first-order valence-corrected chi connectivity index (χ1v) is 9.89. The van der Waals surface area contributed by atoms with E-state index in [-0.39, 0.29) is 0 Å². The van der Waals surface area contributed by atoms with Crippen molar-refractivity contribution in [1.29, 1.82) is 0 Å². The van der Waals surface area contributed by atoms with E-state index in [0.717, 1.165) is 18.8 Å². The number of hydrogen-bond donors (Lipinski definition) is 0. The van der Waals surface area contributed by atoms with Gasteiger partial charge in [0.05, 0.1) is 7.11 Å². The highest BCUT2D eigenvalue weighted by Crippen LogP contribution is 2.27. The number of ether oxygens (including phenoxy) is 1. The molecule has 0 aliphatic carbocycles. The van der Waals surface area contributed by atoms with Gasteiger partial charge >= 0.3 is 0 Å². The van der Waals surface area contributed by atoms with Crippen LogP contribution in [0.15, 0.2) is 109 Å². The second-order valence-electron chi connectivity index (χ2n) is 7.10. The topological polar surface area (TPSA) is 12.5 Å². The van der Waals surface area contributed by atoms with E-state index in [1.807, 2.05) is 12.1 Å². The first-order chi connectivity index (χ1) is 14.3. The summed E-state index contributed by atoms with van der Waals surface area (Å²) in [5.41, 5.74) is 6.23. The van der Waals surface area contributed by atoms with Crippen LogP contribution in [0.3, 0.4) is 0 Å². The largest absolute Gasteiger partial charge is 0.497 e. The van der Waals surface area contributed by atoms with E-state index in [2.05, 4.69) is 102 Å². The summed E-state index contributed by atoms with van der Waals surface area (Å²) in [6, 6.07) is 38.3. The average Bonchev–Trinajstić information content (AvgIpc) is 2.80. The summed E-state index contributed by atoms with van der Waals surface area (Å²) >= 11 is 0.